The number of rotatable bonds is 9. The molecule has 2 aliphatic rings. The quantitative estimate of drug-likeness (QED) is 0.279. The number of benzene rings is 1. The van der Waals surface area contributed by atoms with E-state index in [1.807, 2.05) is 18.0 Å². The highest BCUT2D eigenvalue weighted by atomic mass is 127. The molecule has 3 rings (SSSR count). The lowest BCUT2D eigenvalue weighted by Crippen LogP contribution is -2.46. The number of halogens is 1. The van der Waals surface area contributed by atoms with Gasteiger partial charge in [0, 0.05) is 58.7 Å². The zero-order valence-electron chi connectivity index (χ0n) is 20.1. The normalized spacial score (nSPS) is 22.2. The molecule has 7 heteroatoms. The van der Waals surface area contributed by atoms with E-state index in [4.69, 9.17) is 0 Å². The number of hydrogen-bond acceptors (Lipinski definition) is 3. The zero-order valence-corrected chi connectivity index (χ0v) is 22.4. The number of hydrogen-bond donors (Lipinski definition) is 2. The summed E-state index contributed by atoms with van der Waals surface area (Å²) < 4.78 is 0. The van der Waals surface area contributed by atoms with Crippen molar-refractivity contribution in [2.45, 2.75) is 39.5 Å². The fourth-order valence-electron chi connectivity index (χ4n) is 4.82. The molecule has 2 atom stereocenters. The number of likely N-dealkylation sites (tertiary alicyclic amines) is 2. The second kappa shape index (κ2) is 14.0. The third-order valence-electron chi connectivity index (χ3n) is 6.37. The fourth-order valence-corrected chi connectivity index (χ4v) is 4.82. The van der Waals surface area contributed by atoms with E-state index in [2.05, 4.69) is 58.6 Å². The minimum absolute atomic E-state index is 0. The van der Waals surface area contributed by atoms with Gasteiger partial charge in [-0.05, 0) is 43.2 Å². The van der Waals surface area contributed by atoms with Crippen molar-refractivity contribution in [3.8, 4) is 0 Å². The number of carbonyl (C=O) groups excluding carboxylic acids is 1. The number of amides is 1. The summed E-state index contributed by atoms with van der Waals surface area (Å²) in [5.41, 5.74) is 1.29. The molecule has 2 fully saturated rings. The van der Waals surface area contributed by atoms with Crippen LogP contribution in [-0.4, -0.2) is 74.5 Å². The maximum Gasteiger partial charge on any atom is 0.223 e. The molecule has 1 aromatic carbocycles. The number of nitrogens with one attached hydrogen (secondary N) is 2. The van der Waals surface area contributed by atoms with E-state index in [0.717, 1.165) is 44.5 Å². The molecular weight excluding hydrogens is 513 g/mol. The molecule has 0 aliphatic carbocycles. The SMILES string of the molecule is CN=C(NCC1CCCN(CC(C)C)C1)NCC1CC(=O)N(CCc2ccccc2)C1.I. The van der Waals surface area contributed by atoms with Crippen molar-refractivity contribution in [3.05, 3.63) is 35.9 Å². The molecule has 6 nitrogen and oxygen atoms in total. The van der Waals surface area contributed by atoms with Gasteiger partial charge in [0.2, 0.25) is 5.91 Å². The van der Waals surface area contributed by atoms with Crippen LogP contribution in [0.15, 0.2) is 35.3 Å². The maximum atomic E-state index is 12.4. The molecule has 180 valence electrons. The molecular formula is C25H42IN5O. The average molecular weight is 556 g/mol. The van der Waals surface area contributed by atoms with Crippen LogP contribution in [0.2, 0.25) is 0 Å². The molecule has 32 heavy (non-hydrogen) atoms. The molecule has 0 aromatic heterocycles. The summed E-state index contributed by atoms with van der Waals surface area (Å²) in [6.45, 7) is 11.6. The van der Waals surface area contributed by atoms with E-state index in [9.17, 15) is 4.79 Å². The molecule has 2 heterocycles. The second-order valence-corrected chi connectivity index (χ2v) is 9.64. The summed E-state index contributed by atoms with van der Waals surface area (Å²) in [6.07, 6.45) is 4.12. The lowest BCUT2D eigenvalue weighted by molar-refractivity contribution is -0.127. The van der Waals surface area contributed by atoms with Crippen LogP contribution in [0.5, 0.6) is 0 Å². The molecule has 1 aromatic rings. The van der Waals surface area contributed by atoms with Gasteiger partial charge in [0.25, 0.3) is 0 Å². The third kappa shape index (κ3) is 8.89. The molecule has 0 radical (unpaired) electrons. The first-order valence-electron chi connectivity index (χ1n) is 12.0. The lowest BCUT2D eigenvalue weighted by atomic mass is 9.97. The smallest absolute Gasteiger partial charge is 0.223 e. The summed E-state index contributed by atoms with van der Waals surface area (Å²) in [7, 11) is 1.83. The predicted octanol–water partition coefficient (Wildman–Crippen LogP) is 3.23. The van der Waals surface area contributed by atoms with E-state index in [-0.39, 0.29) is 29.9 Å². The van der Waals surface area contributed by atoms with E-state index in [1.54, 1.807) is 0 Å². The fraction of sp³-hybridized carbons (Fsp3) is 0.680. The summed E-state index contributed by atoms with van der Waals surface area (Å²) in [5.74, 6) is 2.88. The van der Waals surface area contributed by atoms with Crippen molar-refractivity contribution in [1.29, 1.82) is 0 Å². The van der Waals surface area contributed by atoms with Gasteiger partial charge in [-0.3, -0.25) is 9.79 Å². The van der Waals surface area contributed by atoms with Gasteiger partial charge in [0.1, 0.15) is 0 Å². The Morgan fingerprint density at radius 2 is 1.84 bits per heavy atom. The Labute approximate surface area is 211 Å². The van der Waals surface area contributed by atoms with E-state index in [1.165, 1.54) is 38.0 Å². The van der Waals surface area contributed by atoms with Crippen molar-refractivity contribution < 1.29 is 4.79 Å². The molecule has 1 amide bonds. The van der Waals surface area contributed by atoms with E-state index >= 15 is 0 Å². The van der Waals surface area contributed by atoms with E-state index < -0.39 is 0 Å². The van der Waals surface area contributed by atoms with Crippen molar-refractivity contribution in [3.63, 3.8) is 0 Å². The molecule has 2 unspecified atom stereocenters. The molecule has 2 aliphatic heterocycles. The summed E-state index contributed by atoms with van der Waals surface area (Å²) in [4.78, 5) is 21.4. The third-order valence-corrected chi connectivity index (χ3v) is 6.37. The molecule has 2 N–H and O–H groups in total. The minimum atomic E-state index is 0. The summed E-state index contributed by atoms with van der Waals surface area (Å²) in [5, 5.41) is 6.98. The van der Waals surface area contributed by atoms with Crippen molar-refractivity contribution in [2.75, 3.05) is 52.9 Å². The summed E-state index contributed by atoms with van der Waals surface area (Å²) in [6, 6.07) is 10.4. The first-order valence-corrected chi connectivity index (χ1v) is 12.0. The first kappa shape index (κ1) is 26.9. The largest absolute Gasteiger partial charge is 0.356 e. The van der Waals surface area contributed by atoms with Crippen molar-refractivity contribution >= 4 is 35.8 Å². The van der Waals surface area contributed by atoms with Crippen LogP contribution in [0.25, 0.3) is 0 Å². The number of nitrogens with zero attached hydrogens (tertiary/aromatic N) is 3. The van der Waals surface area contributed by atoms with Crippen molar-refractivity contribution in [2.24, 2.45) is 22.7 Å². The van der Waals surface area contributed by atoms with Crippen molar-refractivity contribution in [1.82, 2.24) is 20.4 Å². The van der Waals surface area contributed by atoms with Gasteiger partial charge >= 0.3 is 0 Å². The van der Waals surface area contributed by atoms with Gasteiger partial charge < -0.3 is 20.4 Å². The van der Waals surface area contributed by atoms with Gasteiger partial charge in [-0.2, -0.15) is 0 Å². The lowest BCUT2D eigenvalue weighted by Gasteiger charge is -2.34. The average Bonchev–Trinajstić information content (AvgIpc) is 3.12. The standard InChI is InChI=1S/C25H41N5O.HI/c1-20(2)17-29-12-7-10-22(18-29)15-27-25(26-3)28-16-23-14-24(31)30(19-23)13-11-21-8-5-4-6-9-21;/h4-6,8-9,20,22-23H,7,10-19H2,1-3H3,(H2,26,27,28);1H. The topological polar surface area (TPSA) is 60.0 Å². The molecule has 0 bridgehead atoms. The highest BCUT2D eigenvalue weighted by Gasteiger charge is 2.29. The van der Waals surface area contributed by atoms with Gasteiger partial charge in [0.05, 0.1) is 0 Å². The van der Waals surface area contributed by atoms with Crippen LogP contribution in [0.3, 0.4) is 0 Å². The van der Waals surface area contributed by atoms with Crippen LogP contribution in [-0.2, 0) is 11.2 Å². The number of piperidine rings is 1. The van der Waals surface area contributed by atoms with Crippen LogP contribution < -0.4 is 10.6 Å². The Kier molecular flexibility index (Phi) is 11.8. The van der Waals surface area contributed by atoms with Gasteiger partial charge in [0.15, 0.2) is 5.96 Å². The highest BCUT2D eigenvalue weighted by Crippen LogP contribution is 2.18. The Hall–Kier alpha value is -1.35. The predicted molar refractivity (Wildman–Crippen MR) is 144 cm³/mol. The molecule has 0 saturated carbocycles. The van der Waals surface area contributed by atoms with E-state index in [0.29, 0.717) is 18.3 Å². The Morgan fingerprint density at radius 1 is 1.12 bits per heavy atom. The monoisotopic (exact) mass is 555 g/mol. The maximum absolute atomic E-state index is 12.4. The highest BCUT2D eigenvalue weighted by molar-refractivity contribution is 14.0. The van der Waals surface area contributed by atoms with Gasteiger partial charge in [-0.25, -0.2) is 0 Å². The molecule has 2 saturated heterocycles. The van der Waals surface area contributed by atoms with Gasteiger partial charge in [-0.15, -0.1) is 24.0 Å². The number of guanidine groups is 1. The number of carbonyl (C=O) groups is 1. The Morgan fingerprint density at radius 3 is 2.53 bits per heavy atom. The summed E-state index contributed by atoms with van der Waals surface area (Å²) >= 11 is 0. The van der Waals surface area contributed by atoms with Gasteiger partial charge in [-0.1, -0.05) is 44.2 Å². The van der Waals surface area contributed by atoms with Crippen LogP contribution in [0.4, 0.5) is 0 Å². The van der Waals surface area contributed by atoms with Crippen LogP contribution in [0.1, 0.15) is 38.7 Å². The minimum Gasteiger partial charge on any atom is -0.356 e. The first-order chi connectivity index (χ1) is 15.0. The van der Waals surface area contributed by atoms with Crippen LogP contribution in [0, 0.1) is 17.8 Å². The molecule has 0 spiro atoms. The Bertz CT molecular complexity index is 712. The zero-order chi connectivity index (χ0) is 22.1. The number of aliphatic imine (C=N–C) groups is 1. The second-order valence-electron chi connectivity index (χ2n) is 9.64. The van der Waals surface area contributed by atoms with Crippen LogP contribution >= 0.6 is 24.0 Å². The Balaban J connectivity index is 0.00000363.